The van der Waals surface area contributed by atoms with Gasteiger partial charge in [-0.3, -0.25) is 14.2 Å². The number of fused-ring (bicyclic) bond motifs is 2. The Hall–Kier alpha value is -4.92. The van der Waals surface area contributed by atoms with E-state index in [9.17, 15) is 14.4 Å². The molecule has 0 atom stereocenters. The maximum absolute atomic E-state index is 16.1. The lowest BCUT2D eigenvalue weighted by Crippen LogP contribution is -2.17. The molecule has 1 amide bonds. The first-order valence-corrected chi connectivity index (χ1v) is 11.6. The van der Waals surface area contributed by atoms with Crippen molar-refractivity contribution >= 4 is 45.3 Å². The molecule has 0 aliphatic rings. The zero-order chi connectivity index (χ0) is 27.1. The number of nitrogens with one attached hydrogen (secondary N) is 1. The fourth-order valence-corrected chi connectivity index (χ4v) is 4.51. The standard InChI is InChI=1S/C29H23FN2O6/c1-15-20(29(35)37-4)13-21(18-6-5-17-9-10-38-25(17)11-18)26(30)27(15)31-28(34)23-14-32(16(2)33)24-8-7-19(36-3)12-22(23)24/h5-14H,1-4H3,(H,31,34). The number of furan rings is 1. The molecule has 3 aromatic carbocycles. The van der Waals surface area contributed by atoms with Gasteiger partial charge in [-0.2, -0.15) is 0 Å². The molecule has 0 saturated carbocycles. The average Bonchev–Trinajstić information content (AvgIpc) is 3.54. The molecule has 0 radical (unpaired) electrons. The Bertz CT molecular complexity index is 1760. The van der Waals surface area contributed by atoms with Gasteiger partial charge in [0.2, 0.25) is 5.91 Å². The number of methoxy groups -OCH3 is 2. The van der Waals surface area contributed by atoms with Crippen LogP contribution in [0.2, 0.25) is 0 Å². The third-order valence-electron chi connectivity index (χ3n) is 6.53. The first-order chi connectivity index (χ1) is 18.2. The maximum Gasteiger partial charge on any atom is 0.338 e. The number of amides is 1. The van der Waals surface area contributed by atoms with Crippen LogP contribution in [-0.2, 0) is 4.74 Å². The summed E-state index contributed by atoms with van der Waals surface area (Å²) in [5, 5.41) is 3.91. The summed E-state index contributed by atoms with van der Waals surface area (Å²) in [6.45, 7) is 2.89. The molecule has 0 aliphatic carbocycles. The molecule has 5 rings (SSSR count). The van der Waals surface area contributed by atoms with Crippen molar-refractivity contribution in [2.75, 3.05) is 19.5 Å². The number of anilines is 1. The van der Waals surface area contributed by atoms with Crippen molar-refractivity contribution in [3.8, 4) is 16.9 Å². The summed E-state index contributed by atoms with van der Waals surface area (Å²) in [4.78, 5) is 38.4. The van der Waals surface area contributed by atoms with E-state index in [4.69, 9.17) is 13.9 Å². The molecule has 0 unspecified atom stereocenters. The molecule has 2 heterocycles. The Morgan fingerprint density at radius 2 is 1.79 bits per heavy atom. The molecule has 0 aliphatic heterocycles. The van der Waals surface area contributed by atoms with Gasteiger partial charge in [-0.25, -0.2) is 9.18 Å². The smallest absolute Gasteiger partial charge is 0.338 e. The lowest BCUT2D eigenvalue weighted by atomic mass is 9.96. The van der Waals surface area contributed by atoms with E-state index >= 15 is 4.39 Å². The number of benzene rings is 3. The molecule has 1 N–H and O–H groups in total. The Morgan fingerprint density at radius 3 is 2.50 bits per heavy atom. The summed E-state index contributed by atoms with van der Waals surface area (Å²) >= 11 is 0. The van der Waals surface area contributed by atoms with Crippen molar-refractivity contribution in [1.82, 2.24) is 4.57 Å². The van der Waals surface area contributed by atoms with Gasteiger partial charge in [0.1, 0.15) is 11.3 Å². The van der Waals surface area contributed by atoms with Gasteiger partial charge >= 0.3 is 5.97 Å². The van der Waals surface area contributed by atoms with Gasteiger partial charge in [0.05, 0.1) is 42.8 Å². The zero-order valence-corrected chi connectivity index (χ0v) is 21.0. The van der Waals surface area contributed by atoms with E-state index in [1.807, 2.05) is 0 Å². The van der Waals surface area contributed by atoms with E-state index in [0.717, 1.165) is 5.39 Å². The normalized spacial score (nSPS) is 11.1. The highest BCUT2D eigenvalue weighted by Gasteiger charge is 2.25. The van der Waals surface area contributed by atoms with Crippen LogP contribution in [0.25, 0.3) is 33.0 Å². The number of carbonyl (C=O) groups is 3. The molecule has 192 valence electrons. The first kappa shape index (κ1) is 24.8. The number of esters is 1. The van der Waals surface area contributed by atoms with Gasteiger partial charge in [0, 0.05) is 29.5 Å². The van der Waals surface area contributed by atoms with Crippen molar-refractivity contribution in [3.63, 3.8) is 0 Å². The van der Waals surface area contributed by atoms with Gasteiger partial charge in [0.25, 0.3) is 5.91 Å². The van der Waals surface area contributed by atoms with Gasteiger partial charge in [-0.05, 0) is 54.4 Å². The average molecular weight is 515 g/mol. The number of ether oxygens (including phenoxy) is 2. The van der Waals surface area contributed by atoms with E-state index in [1.165, 1.54) is 51.2 Å². The second kappa shape index (κ2) is 9.51. The summed E-state index contributed by atoms with van der Waals surface area (Å²) in [6.07, 6.45) is 2.92. The predicted octanol–water partition coefficient (Wildman–Crippen LogP) is 6.21. The van der Waals surface area contributed by atoms with E-state index in [0.29, 0.717) is 27.8 Å². The highest BCUT2D eigenvalue weighted by atomic mass is 19.1. The van der Waals surface area contributed by atoms with Crippen molar-refractivity contribution in [1.29, 1.82) is 0 Å². The number of hydrogen-bond donors (Lipinski definition) is 1. The minimum atomic E-state index is -0.734. The fraction of sp³-hybridized carbons (Fsp3) is 0.138. The van der Waals surface area contributed by atoms with Crippen LogP contribution in [0.1, 0.15) is 38.0 Å². The number of aromatic nitrogens is 1. The third-order valence-corrected chi connectivity index (χ3v) is 6.53. The summed E-state index contributed by atoms with van der Waals surface area (Å²) in [6, 6.07) is 13.3. The number of nitrogens with zero attached hydrogens (tertiary/aromatic N) is 1. The van der Waals surface area contributed by atoms with Crippen LogP contribution in [0.5, 0.6) is 5.75 Å². The molecular formula is C29H23FN2O6. The van der Waals surface area contributed by atoms with Crippen molar-refractivity contribution < 1.29 is 32.7 Å². The van der Waals surface area contributed by atoms with Gasteiger partial charge in [-0.15, -0.1) is 0 Å². The molecule has 2 aromatic heterocycles. The second-order valence-corrected chi connectivity index (χ2v) is 8.72. The van der Waals surface area contributed by atoms with Crippen LogP contribution in [0, 0.1) is 12.7 Å². The third kappa shape index (κ3) is 4.07. The minimum absolute atomic E-state index is 0.0810. The number of rotatable bonds is 5. The molecule has 9 heteroatoms. The lowest BCUT2D eigenvalue weighted by Gasteiger charge is -2.16. The lowest BCUT2D eigenvalue weighted by molar-refractivity contribution is 0.0599. The Labute approximate surface area is 216 Å². The monoisotopic (exact) mass is 514 g/mol. The SMILES string of the molecule is COC(=O)c1cc(-c2ccc3ccoc3c2)c(F)c(NC(=O)c2cn(C(C)=O)c3ccc(OC)cc23)c1C. The van der Waals surface area contributed by atoms with E-state index in [1.54, 1.807) is 42.5 Å². The van der Waals surface area contributed by atoms with Crippen molar-refractivity contribution in [2.24, 2.45) is 0 Å². The summed E-state index contributed by atoms with van der Waals surface area (Å²) in [5.41, 5.74) is 1.80. The van der Waals surface area contributed by atoms with Crippen molar-refractivity contribution in [2.45, 2.75) is 13.8 Å². The first-order valence-electron chi connectivity index (χ1n) is 11.6. The van der Waals surface area contributed by atoms with E-state index in [-0.39, 0.29) is 33.8 Å². The van der Waals surface area contributed by atoms with E-state index in [2.05, 4.69) is 5.32 Å². The van der Waals surface area contributed by atoms with Gasteiger partial charge < -0.3 is 19.2 Å². The summed E-state index contributed by atoms with van der Waals surface area (Å²) < 4.78 is 33.0. The number of hydrogen-bond acceptors (Lipinski definition) is 6. The van der Waals surface area contributed by atoms with Crippen LogP contribution in [0.4, 0.5) is 10.1 Å². The Morgan fingerprint density at radius 1 is 1.00 bits per heavy atom. The highest BCUT2D eigenvalue weighted by molar-refractivity contribution is 6.15. The Balaban J connectivity index is 1.66. The van der Waals surface area contributed by atoms with Crippen molar-refractivity contribution in [3.05, 3.63) is 83.5 Å². The fourth-order valence-electron chi connectivity index (χ4n) is 4.51. The van der Waals surface area contributed by atoms with Crippen LogP contribution in [0.3, 0.4) is 0 Å². The largest absolute Gasteiger partial charge is 0.497 e. The van der Waals surface area contributed by atoms with Gasteiger partial charge in [-0.1, -0.05) is 12.1 Å². The number of carbonyl (C=O) groups excluding carboxylic acids is 3. The summed E-state index contributed by atoms with van der Waals surface area (Å²) in [5.74, 6) is -1.90. The predicted molar refractivity (Wildman–Crippen MR) is 140 cm³/mol. The minimum Gasteiger partial charge on any atom is -0.497 e. The van der Waals surface area contributed by atoms with Crippen LogP contribution in [-0.4, -0.2) is 36.6 Å². The zero-order valence-electron chi connectivity index (χ0n) is 21.0. The maximum atomic E-state index is 16.1. The molecule has 38 heavy (non-hydrogen) atoms. The van der Waals surface area contributed by atoms with Crippen LogP contribution >= 0.6 is 0 Å². The molecule has 0 bridgehead atoms. The molecular weight excluding hydrogens is 491 g/mol. The molecule has 5 aromatic rings. The highest BCUT2D eigenvalue weighted by Crippen LogP contribution is 2.36. The molecule has 8 nitrogen and oxygen atoms in total. The topological polar surface area (TPSA) is 99.8 Å². The second-order valence-electron chi connectivity index (χ2n) is 8.72. The van der Waals surface area contributed by atoms with E-state index < -0.39 is 17.7 Å². The molecule has 0 spiro atoms. The van der Waals surface area contributed by atoms with Crippen LogP contribution in [0.15, 0.2) is 65.4 Å². The summed E-state index contributed by atoms with van der Waals surface area (Å²) in [7, 11) is 2.71. The number of halogens is 1. The van der Waals surface area contributed by atoms with Gasteiger partial charge in [0.15, 0.2) is 5.82 Å². The Kier molecular flexibility index (Phi) is 6.20. The quantitative estimate of drug-likeness (QED) is 0.280. The molecule has 0 fully saturated rings. The molecule has 0 saturated heterocycles. The van der Waals surface area contributed by atoms with Crippen LogP contribution < -0.4 is 10.1 Å².